The van der Waals surface area contributed by atoms with Gasteiger partial charge in [-0.2, -0.15) is 0 Å². The van der Waals surface area contributed by atoms with Gasteiger partial charge in [-0.25, -0.2) is 4.39 Å². The maximum Gasteiger partial charge on any atom is 0.273 e. The van der Waals surface area contributed by atoms with Crippen LogP contribution in [0.5, 0.6) is 0 Å². The first-order chi connectivity index (χ1) is 13.5. The molecule has 2 heterocycles. The van der Waals surface area contributed by atoms with Gasteiger partial charge in [-0.1, -0.05) is 12.1 Å². The second-order valence-electron chi connectivity index (χ2n) is 6.62. The molecule has 0 saturated heterocycles. The van der Waals surface area contributed by atoms with Crippen LogP contribution in [0.4, 0.5) is 10.1 Å². The first-order valence-electron chi connectivity index (χ1n) is 8.85. The van der Waals surface area contributed by atoms with Crippen molar-refractivity contribution in [3.63, 3.8) is 0 Å². The molecule has 1 aromatic heterocycles. The van der Waals surface area contributed by atoms with Gasteiger partial charge in [-0.05, 0) is 72.8 Å². The Balaban J connectivity index is 1.44. The highest BCUT2D eigenvalue weighted by atomic mass is 32.2. The smallest absolute Gasteiger partial charge is 0.273 e. The Morgan fingerprint density at radius 1 is 1.18 bits per heavy atom. The molecule has 0 bridgehead atoms. The molecule has 4 rings (SSSR count). The highest BCUT2D eigenvalue weighted by molar-refractivity contribution is 7.98. The van der Waals surface area contributed by atoms with Crippen molar-refractivity contribution >= 4 is 29.4 Å². The molecule has 0 spiro atoms. The molecule has 28 heavy (non-hydrogen) atoms. The topological polar surface area (TPSA) is 63.1 Å². The van der Waals surface area contributed by atoms with Gasteiger partial charge >= 0.3 is 0 Å². The molecule has 0 unspecified atom stereocenters. The largest absolute Gasteiger partial charge is 0.352 e. The Kier molecular flexibility index (Phi) is 4.92. The molecule has 2 amide bonds. The van der Waals surface area contributed by atoms with E-state index in [2.05, 4.69) is 10.6 Å². The zero-order valence-corrected chi connectivity index (χ0v) is 16.0. The van der Waals surface area contributed by atoms with Crippen molar-refractivity contribution < 1.29 is 14.0 Å². The standard InChI is InChI=1S/C21H18FN3O2S/c1-13-10-18-21(27)24-17-11-15(4-7-19(17)28-25(18)12-13)20(26)23-9-8-14-2-5-16(22)6-3-14/h2-7,10-12H,8-9H2,1H3,(H,23,26)(H,24,27). The van der Waals surface area contributed by atoms with E-state index in [0.29, 0.717) is 29.9 Å². The minimum Gasteiger partial charge on any atom is -0.352 e. The number of nitrogens with one attached hydrogen (secondary N) is 2. The minimum atomic E-state index is -0.278. The lowest BCUT2D eigenvalue weighted by atomic mass is 10.1. The van der Waals surface area contributed by atoms with E-state index in [4.69, 9.17) is 0 Å². The van der Waals surface area contributed by atoms with Crippen LogP contribution in [0.1, 0.15) is 32.0 Å². The van der Waals surface area contributed by atoms with Crippen molar-refractivity contribution in [2.45, 2.75) is 18.2 Å². The number of anilines is 1. The van der Waals surface area contributed by atoms with Crippen molar-refractivity contribution in [1.29, 1.82) is 0 Å². The molecular weight excluding hydrogens is 377 g/mol. The molecule has 142 valence electrons. The van der Waals surface area contributed by atoms with E-state index < -0.39 is 0 Å². The molecule has 5 nitrogen and oxygen atoms in total. The van der Waals surface area contributed by atoms with Gasteiger partial charge in [0, 0.05) is 18.3 Å². The van der Waals surface area contributed by atoms with Gasteiger partial charge in [0.2, 0.25) is 0 Å². The van der Waals surface area contributed by atoms with Gasteiger partial charge in [0.25, 0.3) is 11.8 Å². The summed E-state index contributed by atoms with van der Waals surface area (Å²) in [7, 11) is 0. The summed E-state index contributed by atoms with van der Waals surface area (Å²) in [5, 5.41) is 5.74. The number of aryl methyl sites for hydroxylation is 1. The number of carbonyl (C=O) groups excluding carboxylic acids is 2. The number of hydrogen-bond acceptors (Lipinski definition) is 3. The van der Waals surface area contributed by atoms with E-state index in [-0.39, 0.29) is 17.6 Å². The van der Waals surface area contributed by atoms with Crippen molar-refractivity contribution in [3.05, 3.63) is 82.9 Å². The molecular formula is C21H18FN3O2S. The number of carbonyl (C=O) groups is 2. The highest BCUT2D eigenvalue weighted by Crippen LogP contribution is 2.34. The number of rotatable bonds is 4. The van der Waals surface area contributed by atoms with Crippen molar-refractivity contribution in [2.75, 3.05) is 11.9 Å². The third-order valence-corrected chi connectivity index (χ3v) is 5.51. The lowest BCUT2D eigenvalue weighted by Gasteiger charge is -2.10. The lowest BCUT2D eigenvalue weighted by molar-refractivity contribution is 0.0952. The molecule has 7 heteroatoms. The van der Waals surface area contributed by atoms with Crippen LogP contribution < -0.4 is 10.6 Å². The van der Waals surface area contributed by atoms with Crippen LogP contribution >= 0.6 is 11.9 Å². The van der Waals surface area contributed by atoms with Crippen LogP contribution in [0, 0.1) is 12.7 Å². The van der Waals surface area contributed by atoms with Crippen LogP contribution in [-0.2, 0) is 6.42 Å². The molecule has 2 aromatic carbocycles. The number of benzene rings is 2. The van der Waals surface area contributed by atoms with E-state index in [0.717, 1.165) is 16.0 Å². The predicted molar refractivity (Wildman–Crippen MR) is 107 cm³/mol. The Bertz CT molecular complexity index is 1060. The summed E-state index contributed by atoms with van der Waals surface area (Å²) in [4.78, 5) is 25.8. The number of amides is 2. The van der Waals surface area contributed by atoms with E-state index in [9.17, 15) is 14.0 Å². The Morgan fingerprint density at radius 3 is 2.75 bits per heavy atom. The second kappa shape index (κ2) is 7.52. The molecule has 2 N–H and O–H groups in total. The maximum absolute atomic E-state index is 12.9. The minimum absolute atomic E-state index is 0.201. The van der Waals surface area contributed by atoms with E-state index in [1.54, 1.807) is 24.3 Å². The Hall–Kier alpha value is -3.06. The van der Waals surface area contributed by atoms with E-state index in [1.165, 1.54) is 24.1 Å². The van der Waals surface area contributed by atoms with Crippen LogP contribution in [0.15, 0.2) is 59.6 Å². The number of aromatic nitrogens is 1. The van der Waals surface area contributed by atoms with Crippen LogP contribution in [0.3, 0.4) is 0 Å². The Labute approximate surface area is 166 Å². The number of nitrogens with zero attached hydrogens (tertiary/aromatic N) is 1. The molecule has 1 aliphatic heterocycles. The van der Waals surface area contributed by atoms with Crippen LogP contribution in [0.2, 0.25) is 0 Å². The van der Waals surface area contributed by atoms with Gasteiger partial charge in [-0.3, -0.25) is 13.6 Å². The molecule has 0 atom stereocenters. The number of fused-ring (bicyclic) bond motifs is 2. The fourth-order valence-electron chi connectivity index (χ4n) is 3.03. The summed E-state index contributed by atoms with van der Waals surface area (Å²) in [5.74, 6) is -0.698. The zero-order valence-electron chi connectivity index (χ0n) is 15.2. The fraction of sp³-hybridized carbons (Fsp3) is 0.143. The predicted octanol–water partition coefficient (Wildman–Crippen LogP) is 4.03. The summed E-state index contributed by atoms with van der Waals surface area (Å²) < 4.78 is 14.8. The van der Waals surface area contributed by atoms with Gasteiger partial charge < -0.3 is 10.6 Å². The first-order valence-corrected chi connectivity index (χ1v) is 9.62. The third-order valence-electron chi connectivity index (χ3n) is 4.45. The van der Waals surface area contributed by atoms with Crippen LogP contribution in [-0.4, -0.2) is 22.3 Å². The molecule has 0 fully saturated rings. The number of hydrogen-bond donors (Lipinski definition) is 2. The number of halogens is 1. The summed E-state index contributed by atoms with van der Waals surface area (Å²) in [6, 6.07) is 13.3. The maximum atomic E-state index is 12.9. The molecule has 3 aromatic rings. The van der Waals surface area contributed by atoms with E-state index in [1.807, 2.05) is 29.2 Å². The zero-order chi connectivity index (χ0) is 19.7. The second-order valence-corrected chi connectivity index (χ2v) is 7.63. The first kappa shape index (κ1) is 18.3. The highest BCUT2D eigenvalue weighted by Gasteiger charge is 2.21. The summed E-state index contributed by atoms with van der Waals surface area (Å²) >= 11 is 1.44. The van der Waals surface area contributed by atoms with Crippen molar-refractivity contribution in [1.82, 2.24) is 9.29 Å². The van der Waals surface area contributed by atoms with Crippen molar-refractivity contribution in [2.24, 2.45) is 0 Å². The van der Waals surface area contributed by atoms with E-state index >= 15 is 0 Å². The third kappa shape index (κ3) is 3.80. The summed E-state index contributed by atoms with van der Waals surface area (Å²) in [6.07, 6.45) is 2.52. The molecule has 0 saturated carbocycles. The SMILES string of the molecule is Cc1cc2n(c1)Sc1ccc(C(=O)NCCc3ccc(F)cc3)cc1NC2=O. The van der Waals surface area contributed by atoms with Gasteiger partial charge in [0.05, 0.1) is 10.6 Å². The van der Waals surface area contributed by atoms with Crippen molar-refractivity contribution in [3.8, 4) is 0 Å². The van der Waals surface area contributed by atoms with Gasteiger partial charge in [-0.15, -0.1) is 0 Å². The Morgan fingerprint density at radius 2 is 1.96 bits per heavy atom. The molecule has 1 aliphatic rings. The molecule has 0 radical (unpaired) electrons. The summed E-state index contributed by atoms with van der Waals surface area (Å²) in [5.41, 5.74) is 3.62. The fourth-order valence-corrected chi connectivity index (χ4v) is 4.03. The van der Waals surface area contributed by atoms with Gasteiger partial charge in [0.15, 0.2) is 0 Å². The normalized spacial score (nSPS) is 12.6. The molecule has 0 aliphatic carbocycles. The van der Waals surface area contributed by atoms with Crippen LogP contribution in [0.25, 0.3) is 0 Å². The summed E-state index contributed by atoms with van der Waals surface area (Å²) in [6.45, 7) is 2.38. The van der Waals surface area contributed by atoms with Gasteiger partial charge in [0.1, 0.15) is 11.5 Å². The lowest BCUT2D eigenvalue weighted by Crippen LogP contribution is -2.25. The monoisotopic (exact) mass is 395 g/mol. The average Bonchev–Trinajstić information content (AvgIpc) is 2.99. The average molecular weight is 395 g/mol. The quantitative estimate of drug-likeness (QED) is 0.701.